The first-order valence-corrected chi connectivity index (χ1v) is 12.6. The standard InChI is InChI=1S/C29H35F4NO6/c1-27(2,3)40-26(37)34(6)22(17-28(4,5)30)24(35)39-23(25(36)38-18-20-10-8-7-9-11-20)16-19-12-14-21(15-13-19)29(31,32)33/h7-15,22-23H,16-18H2,1-6H3/t22-,23+/m0/s1. The van der Waals surface area contributed by atoms with Gasteiger partial charge in [-0.1, -0.05) is 42.5 Å². The molecule has 2 atom stereocenters. The van der Waals surface area contributed by atoms with E-state index in [-0.39, 0.29) is 18.6 Å². The Bertz CT molecular complexity index is 1140. The maximum absolute atomic E-state index is 14.7. The SMILES string of the molecule is CN(C(=O)OC(C)(C)C)[C@@H](CC(C)(C)F)C(=O)O[C@H](Cc1ccc(C(F)(F)F)cc1)C(=O)OCc1ccccc1. The molecule has 0 spiro atoms. The topological polar surface area (TPSA) is 82.1 Å². The van der Waals surface area contributed by atoms with Crippen molar-refractivity contribution in [2.24, 2.45) is 0 Å². The minimum Gasteiger partial charge on any atom is -0.458 e. The number of benzene rings is 2. The zero-order chi connectivity index (χ0) is 30.3. The summed E-state index contributed by atoms with van der Waals surface area (Å²) < 4.78 is 69.7. The molecular formula is C29H35F4NO6. The predicted octanol–water partition coefficient (Wildman–Crippen LogP) is 6.28. The summed E-state index contributed by atoms with van der Waals surface area (Å²) in [6, 6.07) is 11.2. The summed E-state index contributed by atoms with van der Waals surface area (Å²) in [6.07, 6.45) is -7.86. The molecule has 0 aliphatic carbocycles. The Labute approximate surface area is 231 Å². The van der Waals surface area contributed by atoms with Crippen LogP contribution in [0, 0.1) is 0 Å². The third kappa shape index (κ3) is 10.9. The van der Waals surface area contributed by atoms with E-state index >= 15 is 0 Å². The molecule has 0 bridgehead atoms. The van der Waals surface area contributed by atoms with Gasteiger partial charge < -0.3 is 14.2 Å². The van der Waals surface area contributed by atoms with Crippen molar-refractivity contribution < 1.29 is 46.2 Å². The Balaban J connectivity index is 2.32. The smallest absolute Gasteiger partial charge is 0.416 e. The first kappa shape index (κ1) is 32.6. The molecule has 0 aromatic heterocycles. The number of alkyl halides is 4. The highest BCUT2D eigenvalue weighted by Crippen LogP contribution is 2.29. The number of hydrogen-bond acceptors (Lipinski definition) is 6. The molecule has 2 rings (SSSR count). The lowest BCUT2D eigenvalue weighted by atomic mass is 10.00. The molecule has 0 unspecified atom stereocenters. The van der Waals surface area contributed by atoms with Gasteiger partial charge in [-0.05, 0) is 57.9 Å². The minimum absolute atomic E-state index is 0.153. The van der Waals surface area contributed by atoms with Crippen LogP contribution in [-0.2, 0) is 43.0 Å². The molecule has 0 aliphatic rings. The highest BCUT2D eigenvalue weighted by atomic mass is 19.4. The van der Waals surface area contributed by atoms with Gasteiger partial charge in [0.2, 0.25) is 6.10 Å². The minimum atomic E-state index is -4.56. The van der Waals surface area contributed by atoms with Gasteiger partial charge in [-0.3, -0.25) is 4.90 Å². The highest BCUT2D eigenvalue weighted by Gasteiger charge is 2.38. The molecule has 7 nitrogen and oxygen atoms in total. The molecule has 2 aromatic carbocycles. The van der Waals surface area contributed by atoms with Crippen LogP contribution in [0.15, 0.2) is 54.6 Å². The third-order valence-corrected chi connectivity index (χ3v) is 5.55. The van der Waals surface area contributed by atoms with Gasteiger partial charge >= 0.3 is 24.2 Å². The second-order valence-electron chi connectivity index (χ2n) is 10.9. The average Bonchev–Trinajstić information content (AvgIpc) is 2.83. The Morgan fingerprint density at radius 3 is 1.90 bits per heavy atom. The number of likely N-dealkylation sites (N-methyl/N-ethyl adjacent to an activating group) is 1. The average molecular weight is 570 g/mol. The van der Waals surface area contributed by atoms with Crippen LogP contribution in [0.3, 0.4) is 0 Å². The van der Waals surface area contributed by atoms with Gasteiger partial charge in [-0.25, -0.2) is 18.8 Å². The molecule has 11 heteroatoms. The van der Waals surface area contributed by atoms with Gasteiger partial charge in [0.1, 0.15) is 23.9 Å². The van der Waals surface area contributed by atoms with Gasteiger partial charge in [0.05, 0.1) is 5.56 Å². The Morgan fingerprint density at radius 1 is 0.825 bits per heavy atom. The summed E-state index contributed by atoms with van der Waals surface area (Å²) >= 11 is 0. The number of rotatable bonds is 10. The van der Waals surface area contributed by atoms with E-state index in [2.05, 4.69) is 0 Å². The van der Waals surface area contributed by atoms with E-state index in [1.165, 1.54) is 20.9 Å². The van der Waals surface area contributed by atoms with E-state index in [1.807, 2.05) is 0 Å². The van der Waals surface area contributed by atoms with Gasteiger partial charge in [-0.2, -0.15) is 13.2 Å². The molecule has 0 aliphatic heterocycles. The number of carbonyl (C=O) groups is 3. The van der Waals surface area contributed by atoms with Gasteiger partial charge in [0.25, 0.3) is 0 Å². The van der Waals surface area contributed by atoms with Crippen molar-refractivity contribution in [3.8, 4) is 0 Å². The Morgan fingerprint density at radius 2 is 1.40 bits per heavy atom. The van der Waals surface area contributed by atoms with Crippen LogP contribution in [0.2, 0.25) is 0 Å². The molecule has 0 heterocycles. The molecule has 2 aromatic rings. The zero-order valence-corrected chi connectivity index (χ0v) is 23.4. The summed E-state index contributed by atoms with van der Waals surface area (Å²) in [5.74, 6) is -2.07. The van der Waals surface area contributed by atoms with E-state index in [0.29, 0.717) is 5.56 Å². The lowest BCUT2D eigenvalue weighted by molar-refractivity contribution is -0.172. The lowest BCUT2D eigenvalue weighted by Crippen LogP contribution is -2.49. The number of ether oxygens (including phenoxy) is 3. The van der Waals surface area contributed by atoms with E-state index < -0.39 is 59.6 Å². The Hall–Kier alpha value is -3.63. The van der Waals surface area contributed by atoms with E-state index in [1.54, 1.807) is 51.1 Å². The van der Waals surface area contributed by atoms with Crippen LogP contribution in [0.5, 0.6) is 0 Å². The van der Waals surface area contributed by atoms with E-state index in [9.17, 15) is 31.9 Å². The summed E-state index contributed by atoms with van der Waals surface area (Å²) in [5, 5.41) is 0. The quantitative estimate of drug-likeness (QED) is 0.190. The van der Waals surface area contributed by atoms with Crippen molar-refractivity contribution in [2.45, 2.75) is 83.7 Å². The van der Waals surface area contributed by atoms with Gasteiger partial charge in [0.15, 0.2) is 0 Å². The molecule has 220 valence electrons. The number of nitrogens with zero attached hydrogens (tertiary/aromatic N) is 1. The van der Waals surface area contributed by atoms with Crippen molar-refractivity contribution >= 4 is 18.0 Å². The first-order valence-electron chi connectivity index (χ1n) is 12.6. The van der Waals surface area contributed by atoms with Gasteiger partial charge in [0, 0.05) is 19.9 Å². The van der Waals surface area contributed by atoms with Gasteiger partial charge in [-0.15, -0.1) is 0 Å². The van der Waals surface area contributed by atoms with Crippen molar-refractivity contribution in [2.75, 3.05) is 7.05 Å². The number of amides is 1. The fourth-order valence-corrected chi connectivity index (χ4v) is 3.56. The number of hydrogen-bond donors (Lipinski definition) is 0. The third-order valence-electron chi connectivity index (χ3n) is 5.55. The zero-order valence-electron chi connectivity index (χ0n) is 23.4. The first-order chi connectivity index (χ1) is 18.4. The van der Waals surface area contributed by atoms with Crippen LogP contribution in [0.25, 0.3) is 0 Å². The molecule has 0 saturated heterocycles. The van der Waals surface area contributed by atoms with Crippen molar-refractivity contribution in [3.63, 3.8) is 0 Å². The molecule has 0 radical (unpaired) electrons. The Kier molecular flexibility index (Phi) is 10.7. The number of halogens is 4. The molecule has 0 saturated carbocycles. The van der Waals surface area contributed by atoms with Crippen LogP contribution in [0.4, 0.5) is 22.4 Å². The highest BCUT2D eigenvalue weighted by molar-refractivity contribution is 5.85. The second-order valence-corrected chi connectivity index (χ2v) is 10.9. The monoisotopic (exact) mass is 569 g/mol. The molecular weight excluding hydrogens is 534 g/mol. The van der Waals surface area contributed by atoms with Crippen molar-refractivity contribution in [3.05, 3.63) is 71.3 Å². The second kappa shape index (κ2) is 13.1. The molecule has 1 amide bonds. The molecule has 0 fully saturated rings. The van der Waals surface area contributed by atoms with Crippen molar-refractivity contribution in [1.82, 2.24) is 4.90 Å². The summed E-state index contributed by atoms with van der Waals surface area (Å²) in [7, 11) is 1.24. The van der Waals surface area contributed by atoms with Crippen LogP contribution < -0.4 is 0 Å². The largest absolute Gasteiger partial charge is 0.458 e. The number of carbonyl (C=O) groups excluding carboxylic acids is 3. The summed E-state index contributed by atoms with van der Waals surface area (Å²) in [4.78, 5) is 39.9. The van der Waals surface area contributed by atoms with Crippen molar-refractivity contribution in [1.29, 1.82) is 0 Å². The molecule has 40 heavy (non-hydrogen) atoms. The molecule has 0 N–H and O–H groups in total. The van der Waals surface area contributed by atoms with Crippen LogP contribution in [-0.4, -0.2) is 53.4 Å². The predicted molar refractivity (Wildman–Crippen MR) is 139 cm³/mol. The fourth-order valence-electron chi connectivity index (χ4n) is 3.56. The number of esters is 2. The lowest BCUT2D eigenvalue weighted by Gasteiger charge is -2.32. The van der Waals surface area contributed by atoms with E-state index in [0.717, 1.165) is 29.2 Å². The normalized spacial score (nSPS) is 13.7. The van der Waals surface area contributed by atoms with E-state index in [4.69, 9.17) is 14.2 Å². The van der Waals surface area contributed by atoms with Crippen LogP contribution >= 0.6 is 0 Å². The fraction of sp³-hybridized carbons (Fsp3) is 0.483. The summed E-state index contributed by atoms with van der Waals surface area (Å²) in [5.41, 5.74) is -2.81. The summed E-state index contributed by atoms with van der Waals surface area (Å²) in [6.45, 7) is 7.13. The maximum Gasteiger partial charge on any atom is 0.416 e. The maximum atomic E-state index is 14.7. The van der Waals surface area contributed by atoms with Crippen LogP contribution in [0.1, 0.15) is 57.7 Å².